The molecule has 1 aromatic carbocycles. The van der Waals surface area contributed by atoms with E-state index in [1.54, 1.807) is 6.92 Å². The van der Waals surface area contributed by atoms with E-state index in [2.05, 4.69) is 30.9 Å². The zero-order valence-electron chi connectivity index (χ0n) is 17.2. The minimum atomic E-state index is -1.55. The number of hydrogen-bond acceptors (Lipinski definition) is 12. The first kappa shape index (κ1) is 24.6. The van der Waals surface area contributed by atoms with Crippen molar-refractivity contribution < 1.29 is 39.2 Å². The smallest absolute Gasteiger partial charge is 0.326 e. The highest BCUT2D eigenvalue weighted by Gasteiger charge is 2.23. The maximum absolute atomic E-state index is 11.4. The Bertz CT molecular complexity index is 1050. The fourth-order valence-corrected chi connectivity index (χ4v) is 2.52. The van der Waals surface area contributed by atoms with Crippen molar-refractivity contribution in [1.82, 2.24) is 15.0 Å². The summed E-state index contributed by atoms with van der Waals surface area (Å²) in [5, 5.41) is 35.1. The van der Waals surface area contributed by atoms with E-state index in [0.29, 0.717) is 5.69 Å². The lowest BCUT2D eigenvalue weighted by Crippen LogP contribution is -2.33. The number of aliphatic carboxylic acids is 3. The Morgan fingerprint density at radius 2 is 1.64 bits per heavy atom. The summed E-state index contributed by atoms with van der Waals surface area (Å²) in [6, 6.07) is 2.19. The second kappa shape index (κ2) is 11.1. The van der Waals surface area contributed by atoms with Crippen molar-refractivity contribution in [3.05, 3.63) is 18.2 Å². The molecule has 2 atom stereocenters. The molecular formula is C18H21N7O8. The van der Waals surface area contributed by atoms with E-state index in [1.165, 1.54) is 18.2 Å². The van der Waals surface area contributed by atoms with E-state index in [0.717, 1.165) is 0 Å². The van der Waals surface area contributed by atoms with E-state index in [-0.39, 0.29) is 42.2 Å². The highest BCUT2D eigenvalue weighted by molar-refractivity contribution is 5.83. The van der Waals surface area contributed by atoms with Gasteiger partial charge in [0.1, 0.15) is 6.04 Å². The van der Waals surface area contributed by atoms with Crippen molar-refractivity contribution in [2.45, 2.75) is 31.8 Å². The van der Waals surface area contributed by atoms with Gasteiger partial charge in [0, 0.05) is 17.8 Å². The van der Waals surface area contributed by atoms with Crippen molar-refractivity contribution in [3.8, 4) is 5.75 Å². The van der Waals surface area contributed by atoms with Gasteiger partial charge in [-0.05, 0) is 19.1 Å². The Labute approximate surface area is 186 Å². The normalized spacial score (nSPS) is 12.2. The average molecular weight is 463 g/mol. The lowest BCUT2D eigenvalue weighted by atomic mass is 10.2. The second-order valence-corrected chi connectivity index (χ2v) is 6.67. The zero-order valence-corrected chi connectivity index (χ0v) is 17.2. The van der Waals surface area contributed by atoms with E-state index in [1.807, 2.05) is 0 Å². The Hall–Kier alpha value is -4.69. The summed E-state index contributed by atoms with van der Waals surface area (Å²) in [6.07, 6.45) is -1.02. The first-order chi connectivity index (χ1) is 15.6. The fraction of sp³-hybridized carbons (Fsp3) is 0.278. The first-order valence-corrected chi connectivity index (χ1v) is 9.29. The van der Waals surface area contributed by atoms with Crippen LogP contribution in [0.25, 0.3) is 0 Å². The Morgan fingerprint density at radius 3 is 2.21 bits per heavy atom. The SMILES string of the molecule is CC(CC(=O)O)Nc1nc(Nc2ccc(N)c(OC=O)c2)nc(NC(CC(=O)O)C(=O)O)n1. The van der Waals surface area contributed by atoms with Gasteiger partial charge in [0.05, 0.1) is 18.5 Å². The highest BCUT2D eigenvalue weighted by Crippen LogP contribution is 2.27. The molecule has 0 aliphatic heterocycles. The predicted molar refractivity (Wildman–Crippen MR) is 113 cm³/mol. The number of aromatic nitrogens is 3. The largest absolute Gasteiger partial charge is 0.481 e. The number of nitrogens with one attached hydrogen (secondary N) is 3. The number of hydrogen-bond donors (Lipinski definition) is 7. The number of nitrogens with zero attached hydrogens (tertiary/aromatic N) is 3. The van der Waals surface area contributed by atoms with Crippen LogP contribution in [-0.4, -0.2) is 66.7 Å². The third-order valence-electron chi connectivity index (χ3n) is 3.92. The maximum Gasteiger partial charge on any atom is 0.326 e. The van der Waals surface area contributed by atoms with Crippen molar-refractivity contribution in [2.75, 3.05) is 21.7 Å². The van der Waals surface area contributed by atoms with Crippen molar-refractivity contribution in [3.63, 3.8) is 0 Å². The van der Waals surface area contributed by atoms with Gasteiger partial charge in [-0.15, -0.1) is 0 Å². The maximum atomic E-state index is 11.4. The van der Waals surface area contributed by atoms with Crippen molar-refractivity contribution in [1.29, 1.82) is 0 Å². The van der Waals surface area contributed by atoms with Gasteiger partial charge < -0.3 is 41.7 Å². The van der Waals surface area contributed by atoms with E-state index < -0.39 is 36.4 Å². The van der Waals surface area contributed by atoms with Gasteiger partial charge in [0.2, 0.25) is 17.8 Å². The van der Waals surface area contributed by atoms with E-state index >= 15 is 0 Å². The number of nitrogen functional groups attached to an aromatic ring is 1. The molecule has 33 heavy (non-hydrogen) atoms. The number of benzene rings is 1. The molecule has 0 amide bonds. The minimum Gasteiger partial charge on any atom is -0.481 e. The number of rotatable bonds is 13. The van der Waals surface area contributed by atoms with E-state index in [4.69, 9.17) is 20.7 Å². The molecule has 15 heteroatoms. The lowest BCUT2D eigenvalue weighted by molar-refractivity contribution is -0.144. The van der Waals surface area contributed by atoms with Crippen molar-refractivity contribution >= 4 is 53.6 Å². The summed E-state index contributed by atoms with van der Waals surface area (Å²) in [7, 11) is 0. The molecule has 0 bridgehead atoms. The number of carboxylic acid groups (broad SMARTS) is 3. The molecule has 0 aliphatic carbocycles. The number of carbonyl (C=O) groups excluding carboxylic acids is 1. The first-order valence-electron chi connectivity index (χ1n) is 9.29. The van der Waals surface area contributed by atoms with Gasteiger partial charge in [-0.1, -0.05) is 0 Å². The van der Waals surface area contributed by atoms with Crippen LogP contribution in [0.3, 0.4) is 0 Å². The zero-order chi connectivity index (χ0) is 24.5. The third kappa shape index (κ3) is 7.82. The molecule has 2 aromatic rings. The fourth-order valence-electron chi connectivity index (χ4n) is 2.52. The molecule has 2 unspecified atom stereocenters. The van der Waals surface area contributed by atoms with Crippen LogP contribution in [0.1, 0.15) is 19.8 Å². The number of carboxylic acids is 3. The summed E-state index contributed by atoms with van der Waals surface area (Å²) in [4.78, 5) is 56.0. The third-order valence-corrected chi connectivity index (χ3v) is 3.92. The van der Waals surface area contributed by atoms with Crippen molar-refractivity contribution in [2.24, 2.45) is 0 Å². The van der Waals surface area contributed by atoms with Crippen LogP contribution >= 0.6 is 0 Å². The molecule has 0 saturated carbocycles. The van der Waals surface area contributed by atoms with Crippen LogP contribution < -0.4 is 26.4 Å². The Balaban J connectivity index is 2.38. The van der Waals surface area contributed by atoms with Crippen LogP contribution in [0, 0.1) is 0 Å². The predicted octanol–water partition coefficient (Wildman–Crippen LogP) is 0.348. The van der Waals surface area contributed by atoms with Gasteiger partial charge in [-0.3, -0.25) is 14.4 Å². The van der Waals surface area contributed by atoms with Crippen LogP contribution in [0.2, 0.25) is 0 Å². The van der Waals surface area contributed by atoms with Gasteiger partial charge in [0.15, 0.2) is 5.75 Å². The summed E-state index contributed by atoms with van der Waals surface area (Å²) in [5.74, 6) is -4.33. The summed E-state index contributed by atoms with van der Waals surface area (Å²) < 4.78 is 4.77. The van der Waals surface area contributed by atoms with Crippen LogP contribution in [0.5, 0.6) is 5.75 Å². The molecule has 0 aliphatic rings. The Kier molecular flexibility index (Phi) is 8.25. The molecule has 0 saturated heterocycles. The average Bonchev–Trinajstić information content (AvgIpc) is 2.69. The molecule has 176 valence electrons. The topological polar surface area (TPSA) is 239 Å². The van der Waals surface area contributed by atoms with Gasteiger partial charge in [-0.25, -0.2) is 4.79 Å². The van der Waals surface area contributed by atoms with Crippen LogP contribution in [0.15, 0.2) is 18.2 Å². The van der Waals surface area contributed by atoms with Gasteiger partial charge in [0.25, 0.3) is 6.47 Å². The molecule has 2 rings (SSSR count). The number of carbonyl (C=O) groups is 4. The van der Waals surface area contributed by atoms with Gasteiger partial charge in [-0.2, -0.15) is 15.0 Å². The molecular weight excluding hydrogens is 442 g/mol. The molecule has 15 nitrogen and oxygen atoms in total. The molecule has 0 spiro atoms. The lowest BCUT2D eigenvalue weighted by Gasteiger charge is -2.16. The number of anilines is 5. The van der Waals surface area contributed by atoms with Crippen LogP contribution in [-0.2, 0) is 19.2 Å². The molecule has 1 heterocycles. The molecule has 0 radical (unpaired) electrons. The van der Waals surface area contributed by atoms with E-state index in [9.17, 15) is 24.3 Å². The Morgan fingerprint density at radius 1 is 1.03 bits per heavy atom. The molecule has 0 fully saturated rings. The monoisotopic (exact) mass is 463 g/mol. The minimum absolute atomic E-state index is 0.0585. The van der Waals surface area contributed by atoms with Crippen LogP contribution in [0.4, 0.5) is 29.2 Å². The standard InChI is InChI=1S/C18H21N7O8/c1-8(4-13(27)28)20-16-23-17(21-9-2-3-10(19)12(5-9)33-7-26)25-18(24-16)22-11(15(31)32)6-14(29)30/h2-3,5,7-8,11H,4,6,19H2,1H3,(H,27,28)(H,29,30)(H,31,32)(H3,20,21,22,23,24,25). The summed E-state index contributed by atoms with van der Waals surface area (Å²) >= 11 is 0. The second-order valence-electron chi connectivity index (χ2n) is 6.67. The molecule has 8 N–H and O–H groups in total. The van der Waals surface area contributed by atoms with Gasteiger partial charge >= 0.3 is 17.9 Å². The molecule has 1 aromatic heterocycles. The summed E-state index contributed by atoms with van der Waals surface area (Å²) in [6.45, 7) is 1.76. The number of ether oxygens (including phenoxy) is 1. The highest BCUT2D eigenvalue weighted by atomic mass is 16.5. The summed E-state index contributed by atoms with van der Waals surface area (Å²) in [5.41, 5.74) is 6.23. The number of nitrogens with two attached hydrogens (primary N) is 1. The quantitative estimate of drug-likeness (QED) is 0.156.